The van der Waals surface area contributed by atoms with Gasteiger partial charge in [-0.05, 0) is 30.5 Å². The third-order valence-electron chi connectivity index (χ3n) is 2.28. The molecule has 1 aromatic rings. The molecule has 1 aromatic carbocycles. The first-order chi connectivity index (χ1) is 6.61. The Bertz CT molecular complexity index is 359. The molecule has 0 radical (unpaired) electrons. The fourth-order valence-corrected chi connectivity index (χ4v) is 1.38. The molecule has 2 nitrogen and oxygen atoms in total. The van der Waals surface area contributed by atoms with Crippen molar-refractivity contribution in [3.63, 3.8) is 0 Å². The van der Waals surface area contributed by atoms with Gasteiger partial charge in [0.25, 0.3) is 0 Å². The highest BCUT2D eigenvalue weighted by Gasteiger charge is 2.15. The van der Waals surface area contributed by atoms with Crippen LogP contribution in [0, 0.1) is 12.7 Å². The molecule has 3 heteroatoms. The maximum Gasteiger partial charge on any atom is 0.340 e. The van der Waals surface area contributed by atoms with Crippen molar-refractivity contribution >= 4 is 5.97 Å². The van der Waals surface area contributed by atoms with E-state index in [-0.39, 0.29) is 5.56 Å². The predicted molar refractivity (Wildman–Crippen MR) is 51.9 cm³/mol. The van der Waals surface area contributed by atoms with E-state index in [4.69, 9.17) is 0 Å². The molecule has 76 valence electrons. The standard InChI is InChI=1S/C11H13FO2/c1-4-8-5-6-9(11(13)14-3)10(12)7(8)2/h5-6H,4H2,1-3H3. The second-order valence-electron chi connectivity index (χ2n) is 3.06. The zero-order chi connectivity index (χ0) is 10.7. The van der Waals surface area contributed by atoms with Gasteiger partial charge in [0.05, 0.1) is 12.7 Å². The third-order valence-corrected chi connectivity index (χ3v) is 2.28. The summed E-state index contributed by atoms with van der Waals surface area (Å²) in [6.45, 7) is 3.61. The van der Waals surface area contributed by atoms with Gasteiger partial charge in [-0.2, -0.15) is 0 Å². The number of hydrogen-bond donors (Lipinski definition) is 0. The van der Waals surface area contributed by atoms with Gasteiger partial charge in [0, 0.05) is 0 Å². The van der Waals surface area contributed by atoms with Crippen LogP contribution in [0.1, 0.15) is 28.4 Å². The van der Waals surface area contributed by atoms with Crippen LogP contribution in [-0.4, -0.2) is 13.1 Å². The molecule has 0 spiro atoms. The van der Waals surface area contributed by atoms with Crippen LogP contribution in [0.5, 0.6) is 0 Å². The van der Waals surface area contributed by atoms with Gasteiger partial charge in [-0.15, -0.1) is 0 Å². The van der Waals surface area contributed by atoms with Crippen LogP contribution in [-0.2, 0) is 11.2 Å². The fraction of sp³-hybridized carbons (Fsp3) is 0.364. The monoisotopic (exact) mass is 196 g/mol. The number of carbonyl (C=O) groups is 1. The molecular weight excluding hydrogens is 183 g/mol. The highest BCUT2D eigenvalue weighted by Crippen LogP contribution is 2.18. The Balaban J connectivity index is 3.24. The molecule has 0 fully saturated rings. The average molecular weight is 196 g/mol. The van der Waals surface area contributed by atoms with Crippen LogP contribution in [0.2, 0.25) is 0 Å². The van der Waals surface area contributed by atoms with Gasteiger partial charge in [-0.25, -0.2) is 9.18 Å². The molecule has 0 saturated carbocycles. The third kappa shape index (κ3) is 1.76. The van der Waals surface area contributed by atoms with Crippen molar-refractivity contribution < 1.29 is 13.9 Å². The normalized spacial score (nSPS) is 10.0. The summed E-state index contributed by atoms with van der Waals surface area (Å²) in [4.78, 5) is 11.1. The minimum Gasteiger partial charge on any atom is -0.465 e. The van der Waals surface area contributed by atoms with Crippen LogP contribution in [0.15, 0.2) is 12.1 Å². The number of esters is 1. The Morgan fingerprint density at radius 2 is 2.14 bits per heavy atom. The predicted octanol–water partition coefficient (Wildman–Crippen LogP) is 2.48. The van der Waals surface area contributed by atoms with Gasteiger partial charge < -0.3 is 4.74 Å². The molecule has 0 heterocycles. The number of aryl methyl sites for hydroxylation is 1. The molecule has 0 aliphatic carbocycles. The van der Waals surface area contributed by atoms with E-state index in [2.05, 4.69) is 4.74 Å². The summed E-state index contributed by atoms with van der Waals surface area (Å²) >= 11 is 0. The summed E-state index contributed by atoms with van der Waals surface area (Å²) in [5.41, 5.74) is 1.44. The summed E-state index contributed by atoms with van der Waals surface area (Å²) in [6.07, 6.45) is 0.754. The number of carbonyl (C=O) groups excluding carboxylic acids is 1. The van der Waals surface area contributed by atoms with Crippen LogP contribution in [0.25, 0.3) is 0 Å². The van der Waals surface area contributed by atoms with E-state index in [0.29, 0.717) is 5.56 Å². The van der Waals surface area contributed by atoms with Gasteiger partial charge in [-0.3, -0.25) is 0 Å². The highest BCUT2D eigenvalue weighted by molar-refractivity contribution is 5.90. The lowest BCUT2D eigenvalue weighted by molar-refractivity contribution is 0.0595. The Morgan fingerprint density at radius 1 is 1.50 bits per heavy atom. The minimum absolute atomic E-state index is 0.00204. The van der Waals surface area contributed by atoms with Crippen LogP contribution in [0.3, 0.4) is 0 Å². The molecule has 0 unspecified atom stereocenters. The Hall–Kier alpha value is -1.38. The smallest absolute Gasteiger partial charge is 0.340 e. The summed E-state index contributed by atoms with van der Waals surface area (Å²) in [6, 6.07) is 3.22. The van der Waals surface area contributed by atoms with E-state index < -0.39 is 11.8 Å². The highest BCUT2D eigenvalue weighted by atomic mass is 19.1. The van der Waals surface area contributed by atoms with Crippen LogP contribution >= 0.6 is 0 Å². The fourth-order valence-electron chi connectivity index (χ4n) is 1.38. The molecule has 0 bridgehead atoms. The SMILES string of the molecule is CCc1ccc(C(=O)OC)c(F)c1C. The van der Waals surface area contributed by atoms with Crippen molar-refractivity contribution in [2.45, 2.75) is 20.3 Å². The van der Waals surface area contributed by atoms with E-state index in [1.54, 1.807) is 13.0 Å². The maximum atomic E-state index is 13.6. The minimum atomic E-state index is -0.631. The molecule has 0 saturated heterocycles. The summed E-state index contributed by atoms with van der Waals surface area (Å²) in [5, 5.41) is 0. The molecule has 0 aliphatic heterocycles. The summed E-state index contributed by atoms with van der Waals surface area (Å²) in [5.74, 6) is -1.11. The zero-order valence-corrected chi connectivity index (χ0v) is 8.56. The lowest BCUT2D eigenvalue weighted by Crippen LogP contribution is -2.07. The van der Waals surface area contributed by atoms with Gasteiger partial charge >= 0.3 is 5.97 Å². The topological polar surface area (TPSA) is 26.3 Å². The van der Waals surface area contributed by atoms with Crippen molar-refractivity contribution in [2.24, 2.45) is 0 Å². The molecule has 0 aliphatic rings. The second-order valence-corrected chi connectivity index (χ2v) is 3.06. The first kappa shape index (κ1) is 10.7. The van der Waals surface area contributed by atoms with Gasteiger partial charge in [-0.1, -0.05) is 13.0 Å². The number of ether oxygens (including phenoxy) is 1. The van der Waals surface area contributed by atoms with E-state index in [9.17, 15) is 9.18 Å². The summed E-state index contributed by atoms with van der Waals surface area (Å²) < 4.78 is 18.1. The first-order valence-corrected chi connectivity index (χ1v) is 4.48. The molecule has 14 heavy (non-hydrogen) atoms. The average Bonchev–Trinajstić information content (AvgIpc) is 2.21. The van der Waals surface area contributed by atoms with E-state index in [1.165, 1.54) is 13.2 Å². The number of benzene rings is 1. The maximum absolute atomic E-state index is 13.6. The number of halogens is 1. The largest absolute Gasteiger partial charge is 0.465 e. The number of methoxy groups -OCH3 is 1. The molecule has 0 N–H and O–H groups in total. The number of hydrogen-bond acceptors (Lipinski definition) is 2. The Labute approximate surface area is 82.7 Å². The lowest BCUT2D eigenvalue weighted by atomic mass is 10.0. The van der Waals surface area contributed by atoms with Crippen molar-refractivity contribution in [3.05, 3.63) is 34.6 Å². The van der Waals surface area contributed by atoms with Crippen molar-refractivity contribution in [2.75, 3.05) is 7.11 Å². The Kier molecular flexibility index (Phi) is 3.23. The van der Waals surface area contributed by atoms with Gasteiger partial charge in [0.15, 0.2) is 0 Å². The molecule has 1 rings (SSSR count). The molecule has 0 aromatic heterocycles. The molecule has 0 amide bonds. The Morgan fingerprint density at radius 3 is 2.64 bits per heavy atom. The number of rotatable bonds is 2. The van der Waals surface area contributed by atoms with Crippen LogP contribution < -0.4 is 0 Å². The first-order valence-electron chi connectivity index (χ1n) is 4.48. The van der Waals surface area contributed by atoms with Gasteiger partial charge in [0.1, 0.15) is 5.82 Å². The zero-order valence-electron chi connectivity index (χ0n) is 8.56. The van der Waals surface area contributed by atoms with E-state index in [0.717, 1.165) is 12.0 Å². The van der Waals surface area contributed by atoms with E-state index >= 15 is 0 Å². The van der Waals surface area contributed by atoms with Crippen molar-refractivity contribution in [1.29, 1.82) is 0 Å². The van der Waals surface area contributed by atoms with Crippen molar-refractivity contribution in [3.8, 4) is 0 Å². The lowest BCUT2D eigenvalue weighted by Gasteiger charge is -2.07. The van der Waals surface area contributed by atoms with Crippen LogP contribution in [0.4, 0.5) is 4.39 Å². The molecule has 0 atom stereocenters. The van der Waals surface area contributed by atoms with Crippen molar-refractivity contribution in [1.82, 2.24) is 0 Å². The molecular formula is C11H13FO2. The van der Waals surface area contributed by atoms with Gasteiger partial charge in [0.2, 0.25) is 0 Å². The second kappa shape index (κ2) is 4.22. The summed E-state index contributed by atoms with van der Waals surface area (Å²) in [7, 11) is 1.24. The quantitative estimate of drug-likeness (QED) is 0.679. The van der Waals surface area contributed by atoms with E-state index in [1.807, 2.05) is 6.92 Å².